The highest BCUT2D eigenvalue weighted by Crippen LogP contribution is 2.24. The van der Waals surface area contributed by atoms with Crippen LogP contribution in [0.15, 0.2) is 38.1 Å². The Balaban J connectivity index is 0.00000289. The summed E-state index contributed by atoms with van der Waals surface area (Å²) in [5, 5.41) is 8.05. The zero-order valence-corrected chi connectivity index (χ0v) is 21.7. The summed E-state index contributed by atoms with van der Waals surface area (Å²) in [6.45, 7) is 10.5. The summed E-state index contributed by atoms with van der Waals surface area (Å²) < 4.78 is 11.7. The predicted octanol–water partition coefficient (Wildman–Crippen LogP) is 4.54. The van der Waals surface area contributed by atoms with Gasteiger partial charge in [0, 0.05) is 24.5 Å². The van der Waals surface area contributed by atoms with E-state index in [0.717, 1.165) is 73.7 Å². The van der Waals surface area contributed by atoms with E-state index in [1.165, 1.54) is 10.9 Å². The molecular weight excluding hydrogens is 517 g/mol. The Morgan fingerprint density at radius 3 is 2.53 bits per heavy atom. The van der Waals surface area contributed by atoms with E-state index in [0.29, 0.717) is 12.5 Å². The molecule has 2 N–H and O–H groups in total. The lowest BCUT2D eigenvalue weighted by atomic mass is 9.97. The highest BCUT2D eigenvalue weighted by Gasteiger charge is 2.21. The number of likely N-dealkylation sites (tertiary alicyclic amines) is 1. The Labute approximate surface area is 207 Å². The third-order valence-corrected chi connectivity index (χ3v) is 6.28. The number of para-hydroxylation sites is 1. The van der Waals surface area contributed by atoms with Gasteiger partial charge in [-0.2, -0.15) is 0 Å². The number of furan rings is 1. The van der Waals surface area contributed by atoms with Gasteiger partial charge in [-0.05, 0) is 58.7 Å². The fourth-order valence-electron chi connectivity index (χ4n) is 4.17. The number of oxazole rings is 1. The lowest BCUT2D eigenvalue weighted by Gasteiger charge is -2.31. The van der Waals surface area contributed by atoms with Gasteiger partial charge in [0.05, 0.1) is 18.8 Å². The minimum Gasteiger partial charge on any atom is -0.459 e. The number of aliphatic imine (C=N–C) groups is 1. The number of hydrogen-bond acceptors (Lipinski definition) is 5. The molecule has 1 saturated heterocycles. The molecule has 0 saturated carbocycles. The van der Waals surface area contributed by atoms with Crippen LogP contribution in [0.25, 0.3) is 11.0 Å². The second-order valence-corrected chi connectivity index (χ2v) is 8.42. The van der Waals surface area contributed by atoms with Crippen molar-refractivity contribution in [2.45, 2.75) is 46.7 Å². The number of rotatable bonds is 6. The van der Waals surface area contributed by atoms with Crippen LogP contribution in [0.3, 0.4) is 0 Å². The summed E-state index contributed by atoms with van der Waals surface area (Å²) in [5.41, 5.74) is 3.11. The Kier molecular flexibility index (Phi) is 8.58. The van der Waals surface area contributed by atoms with Crippen molar-refractivity contribution >= 4 is 40.9 Å². The standard InChI is InChI=1S/C24H33N5O2.HI/c1-16-20-7-5-6-8-21(20)31-22(16)14-27-24(25-4)26-13-19-9-11-29(12-10-19)15-23-28-17(2)18(3)30-23;/h5-8,19H,9-15H2,1-4H3,(H2,25,26,27);1H. The molecule has 3 aromatic rings. The number of aryl methyl sites for hydroxylation is 3. The zero-order valence-electron chi connectivity index (χ0n) is 19.4. The smallest absolute Gasteiger partial charge is 0.208 e. The molecule has 174 valence electrons. The maximum Gasteiger partial charge on any atom is 0.208 e. The van der Waals surface area contributed by atoms with E-state index in [1.807, 2.05) is 39.1 Å². The van der Waals surface area contributed by atoms with Crippen molar-refractivity contribution in [2.24, 2.45) is 10.9 Å². The van der Waals surface area contributed by atoms with Gasteiger partial charge >= 0.3 is 0 Å². The summed E-state index contributed by atoms with van der Waals surface area (Å²) in [7, 11) is 1.81. The van der Waals surface area contributed by atoms with Crippen LogP contribution in [0.4, 0.5) is 0 Å². The molecule has 2 aromatic heterocycles. The molecule has 8 heteroatoms. The van der Waals surface area contributed by atoms with Gasteiger partial charge in [0.2, 0.25) is 5.89 Å². The molecule has 1 aliphatic heterocycles. The Bertz CT molecular complexity index is 1030. The first-order valence-electron chi connectivity index (χ1n) is 11.1. The molecular formula is C24H34IN5O2. The quantitative estimate of drug-likeness (QED) is 0.266. The monoisotopic (exact) mass is 551 g/mol. The van der Waals surface area contributed by atoms with Crippen LogP contribution in [-0.4, -0.2) is 42.5 Å². The van der Waals surface area contributed by atoms with Crippen molar-refractivity contribution in [1.29, 1.82) is 0 Å². The molecule has 0 radical (unpaired) electrons. The molecule has 0 amide bonds. The number of fused-ring (bicyclic) bond motifs is 1. The van der Waals surface area contributed by atoms with Crippen LogP contribution in [0.2, 0.25) is 0 Å². The van der Waals surface area contributed by atoms with Gasteiger partial charge in [-0.15, -0.1) is 24.0 Å². The van der Waals surface area contributed by atoms with Crippen molar-refractivity contribution in [1.82, 2.24) is 20.5 Å². The molecule has 3 heterocycles. The van der Waals surface area contributed by atoms with Gasteiger partial charge in [-0.1, -0.05) is 18.2 Å². The zero-order chi connectivity index (χ0) is 21.8. The first-order chi connectivity index (χ1) is 15.0. The summed E-state index contributed by atoms with van der Waals surface area (Å²) in [5.74, 6) is 4.15. The molecule has 1 aliphatic rings. The molecule has 0 unspecified atom stereocenters. The van der Waals surface area contributed by atoms with Crippen molar-refractivity contribution < 1.29 is 8.83 Å². The molecule has 0 spiro atoms. The number of benzene rings is 1. The van der Waals surface area contributed by atoms with Crippen molar-refractivity contribution in [3.63, 3.8) is 0 Å². The van der Waals surface area contributed by atoms with Crippen molar-refractivity contribution in [2.75, 3.05) is 26.7 Å². The van der Waals surface area contributed by atoms with Crippen LogP contribution in [0.5, 0.6) is 0 Å². The molecule has 4 rings (SSSR count). The predicted molar refractivity (Wildman–Crippen MR) is 139 cm³/mol. The first kappa shape index (κ1) is 24.6. The van der Waals surface area contributed by atoms with Gasteiger partial charge < -0.3 is 19.5 Å². The fourth-order valence-corrected chi connectivity index (χ4v) is 4.17. The molecule has 7 nitrogen and oxygen atoms in total. The van der Waals surface area contributed by atoms with Crippen LogP contribution >= 0.6 is 24.0 Å². The van der Waals surface area contributed by atoms with Crippen LogP contribution in [-0.2, 0) is 13.1 Å². The average molecular weight is 551 g/mol. The minimum atomic E-state index is 0. The van der Waals surface area contributed by atoms with E-state index in [9.17, 15) is 0 Å². The normalized spacial score (nSPS) is 15.7. The highest BCUT2D eigenvalue weighted by atomic mass is 127. The van der Waals surface area contributed by atoms with Gasteiger partial charge in [0.15, 0.2) is 5.96 Å². The molecule has 0 aliphatic carbocycles. The van der Waals surface area contributed by atoms with E-state index in [1.54, 1.807) is 0 Å². The summed E-state index contributed by atoms with van der Waals surface area (Å²) in [4.78, 5) is 11.3. The Hall–Kier alpha value is -2.07. The summed E-state index contributed by atoms with van der Waals surface area (Å²) >= 11 is 0. The Morgan fingerprint density at radius 1 is 1.12 bits per heavy atom. The number of halogens is 1. The minimum absolute atomic E-state index is 0. The van der Waals surface area contributed by atoms with E-state index in [2.05, 4.69) is 38.5 Å². The maximum absolute atomic E-state index is 5.99. The number of hydrogen-bond donors (Lipinski definition) is 2. The number of aromatic nitrogens is 1. The summed E-state index contributed by atoms with van der Waals surface area (Å²) in [6, 6.07) is 8.15. The van der Waals surface area contributed by atoms with Crippen molar-refractivity contribution in [3.05, 3.63) is 52.9 Å². The van der Waals surface area contributed by atoms with Gasteiger partial charge in [-0.3, -0.25) is 9.89 Å². The van der Waals surface area contributed by atoms with E-state index in [-0.39, 0.29) is 24.0 Å². The lowest BCUT2D eigenvalue weighted by molar-refractivity contribution is 0.164. The largest absolute Gasteiger partial charge is 0.459 e. The Morgan fingerprint density at radius 2 is 1.88 bits per heavy atom. The molecule has 1 aromatic carbocycles. The van der Waals surface area contributed by atoms with E-state index in [4.69, 9.17) is 8.83 Å². The fraction of sp³-hybridized carbons (Fsp3) is 0.500. The van der Waals surface area contributed by atoms with Crippen molar-refractivity contribution in [3.8, 4) is 0 Å². The molecule has 1 fully saturated rings. The van der Waals surface area contributed by atoms with E-state index >= 15 is 0 Å². The lowest BCUT2D eigenvalue weighted by Crippen LogP contribution is -2.42. The topological polar surface area (TPSA) is 78.8 Å². The van der Waals surface area contributed by atoms with Gasteiger partial charge in [0.1, 0.15) is 17.1 Å². The molecule has 0 bridgehead atoms. The third-order valence-electron chi connectivity index (χ3n) is 6.28. The van der Waals surface area contributed by atoms with Crippen LogP contribution in [0, 0.1) is 26.7 Å². The first-order valence-corrected chi connectivity index (χ1v) is 11.1. The molecule has 0 atom stereocenters. The SMILES string of the molecule is CN=C(NCc1oc2ccccc2c1C)NCC1CCN(Cc2nc(C)c(C)o2)CC1.I. The van der Waals surface area contributed by atoms with E-state index < -0.39 is 0 Å². The van der Waals surface area contributed by atoms with Crippen LogP contribution in [0.1, 0.15) is 41.5 Å². The van der Waals surface area contributed by atoms with Crippen LogP contribution < -0.4 is 10.6 Å². The highest BCUT2D eigenvalue weighted by molar-refractivity contribution is 14.0. The average Bonchev–Trinajstić information content (AvgIpc) is 3.27. The van der Waals surface area contributed by atoms with Gasteiger partial charge in [-0.25, -0.2) is 4.98 Å². The second kappa shape index (κ2) is 11.2. The second-order valence-electron chi connectivity index (χ2n) is 8.42. The number of guanidine groups is 1. The summed E-state index contributed by atoms with van der Waals surface area (Å²) in [6.07, 6.45) is 2.32. The third kappa shape index (κ3) is 5.83. The number of nitrogens with one attached hydrogen (secondary N) is 2. The van der Waals surface area contributed by atoms with Gasteiger partial charge in [0.25, 0.3) is 0 Å². The molecule has 32 heavy (non-hydrogen) atoms. The number of piperidine rings is 1. The maximum atomic E-state index is 5.99. The number of nitrogens with zero attached hydrogens (tertiary/aromatic N) is 3.